The molecule has 2 N–H and O–H groups in total. The summed E-state index contributed by atoms with van der Waals surface area (Å²) in [7, 11) is 0. The van der Waals surface area contributed by atoms with E-state index in [2.05, 4.69) is 10.3 Å². The highest BCUT2D eigenvalue weighted by Crippen LogP contribution is 2.34. The highest BCUT2D eigenvalue weighted by atomic mass is 16.5. The summed E-state index contributed by atoms with van der Waals surface area (Å²) in [5, 5.41) is 16.1. The minimum absolute atomic E-state index is 0.0916. The summed E-state index contributed by atoms with van der Waals surface area (Å²) in [6.07, 6.45) is 0.953. The Morgan fingerprint density at radius 2 is 1.71 bits per heavy atom. The first-order valence-corrected chi connectivity index (χ1v) is 11.3. The standard InChI is InChI=1S/C28H21N3O4/c32-24(17-6-2-1-3-7-17)15-30-25(33)16-35-18-10-11-23-22(14-18)20-12-13-29-26-19-8-4-5-9-21(19)28(34)31(23)27(20)26/h1-14,24,32H,15-16H2,(H,30,33)/t24-/m1/s1. The summed E-state index contributed by atoms with van der Waals surface area (Å²) in [5.41, 5.74) is 2.95. The van der Waals surface area contributed by atoms with Crippen molar-refractivity contribution in [1.82, 2.24) is 14.7 Å². The zero-order valence-corrected chi connectivity index (χ0v) is 18.6. The molecule has 0 saturated heterocycles. The van der Waals surface area contributed by atoms with Crippen molar-refractivity contribution in [2.75, 3.05) is 13.2 Å². The molecule has 0 saturated carbocycles. The number of rotatable bonds is 6. The molecule has 0 fully saturated rings. The van der Waals surface area contributed by atoms with Crippen molar-refractivity contribution in [1.29, 1.82) is 0 Å². The molecule has 6 rings (SSSR count). The molecule has 3 aromatic heterocycles. The Bertz CT molecular complexity index is 1760. The van der Waals surface area contributed by atoms with Crippen LogP contribution in [0.25, 0.3) is 38.1 Å². The van der Waals surface area contributed by atoms with Gasteiger partial charge in [-0.1, -0.05) is 48.5 Å². The second-order valence-corrected chi connectivity index (χ2v) is 8.44. The molecular formula is C28H21N3O4. The molecule has 7 nitrogen and oxygen atoms in total. The van der Waals surface area contributed by atoms with E-state index in [1.807, 2.05) is 60.7 Å². The number of carbonyl (C=O) groups is 1. The Balaban J connectivity index is 1.28. The summed E-state index contributed by atoms with van der Waals surface area (Å²) in [5.74, 6) is 0.176. The lowest BCUT2D eigenvalue weighted by Crippen LogP contribution is -2.32. The Morgan fingerprint density at radius 3 is 2.54 bits per heavy atom. The normalized spacial score (nSPS) is 12.5. The van der Waals surface area contributed by atoms with Crippen molar-refractivity contribution in [3.05, 3.63) is 101 Å². The quantitative estimate of drug-likeness (QED) is 0.367. The number of carbonyl (C=O) groups excluding carboxylic acids is 1. The molecule has 0 aliphatic carbocycles. The molecule has 1 amide bonds. The molecule has 1 atom stereocenters. The van der Waals surface area contributed by atoms with Crippen LogP contribution in [-0.2, 0) is 4.79 Å². The van der Waals surface area contributed by atoms with Gasteiger partial charge in [0, 0.05) is 34.3 Å². The maximum Gasteiger partial charge on any atom is 0.263 e. The molecule has 3 aromatic carbocycles. The van der Waals surface area contributed by atoms with Crippen LogP contribution >= 0.6 is 0 Å². The maximum atomic E-state index is 13.3. The monoisotopic (exact) mass is 463 g/mol. The van der Waals surface area contributed by atoms with Gasteiger partial charge in [-0.3, -0.25) is 19.0 Å². The number of aliphatic hydroxyl groups is 1. The van der Waals surface area contributed by atoms with Gasteiger partial charge in [0.15, 0.2) is 6.61 Å². The number of ether oxygens (including phenoxy) is 1. The molecular weight excluding hydrogens is 442 g/mol. The van der Waals surface area contributed by atoms with Crippen LogP contribution < -0.4 is 15.6 Å². The van der Waals surface area contributed by atoms with Gasteiger partial charge in [0.05, 0.1) is 22.7 Å². The average molecular weight is 463 g/mol. The van der Waals surface area contributed by atoms with E-state index in [4.69, 9.17) is 4.74 Å². The minimum atomic E-state index is -0.790. The van der Waals surface area contributed by atoms with Gasteiger partial charge >= 0.3 is 0 Å². The summed E-state index contributed by atoms with van der Waals surface area (Å²) >= 11 is 0. The minimum Gasteiger partial charge on any atom is -0.484 e. The fourth-order valence-electron chi connectivity index (χ4n) is 4.64. The van der Waals surface area contributed by atoms with Gasteiger partial charge < -0.3 is 15.2 Å². The summed E-state index contributed by atoms with van der Waals surface area (Å²) in [4.78, 5) is 30.2. The van der Waals surface area contributed by atoms with Gasteiger partial charge in [0.25, 0.3) is 11.5 Å². The van der Waals surface area contributed by atoms with E-state index in [-0.39, 0.29) is 24.6 Å². The van der Waals surface area contributed by atoms with Crippen LogP contribution in [0.1, 0.15) is 11.7 Å². The second-order valence-electron chi connectivity index (χ2n) is 8.44. The predicted octanol–water partition coefficient (Wildman–Crippen LogP) is 3.82. The number of pyridine rings is 2. The van der Waals surface area contributed by atoms with Gasteiger partial charge in [-0.15, -0.1) is 0 Å². The average Bonchev–Trinajstić information content (AvgIpc) is 3.24. The Morgan fingerprint density at radius 1 is 0.943 bits per heavy atom. The van der Waals surface area contributed by atoms with E-state index in [1.165, 1.54) is 0 Å². The molecule has 3 heterocycles. The highest BCUT2D eigenvalue weighted by molar-refractivity contribution is 6.18. The van der Waals surface area contributed by atoms with E-state index in [9.17, 15) is 14.7 Å². The number of amides is 1. The molecule has 0 unspecified atom stereocenters. The van der Waals surface area contributed by atoms with E-state index < -0.39 is 6.10 Å². The largest absolute Gasteiger partial charge is 0.484 e. The van der Waals surface area contributed by atoms with Gasteiger partial charge in [-0.25, -0.2) is 0 Å². The molecule has 0 bridgehead atoms. The van der Waals surface area contributed by atoms with Crippen LogP contribution in [-0.4, -0.2) is 33.6 Å². The lowest BCUT2D eigenvalue weighted by molar-refractivity contribution is -0.123. The van der Waals surface area contributed by atoms with Crippen molar-refractivity contribution in [3.8, 4) is 5.75 Å². The molecule has 0 spiro atoms. The fourth-order valence-corrected chi connectivity index (χ4v) is 4.64. The molecule has 7 heteroatoms. The Hall–Kier alpha value is -4.49. The van der Waals surface area contributed by atoms with Crippen LogP contribution in [0.3, 0.4) is 0 Å². The molecule has 0 radical (unpaired) electrons. The molecule has 0 aliphatic heterocycles. The van der Waals surface area contributed by atoms with Gasteiger partial charge in [0.1, 0.15) is 5.75 Å². The second kappa shape index (κ2) is 8.38. The summed E-state index contributed by atoms with van der Waals surface area (Å²) in [6, 6.07) is 23.9. The van der Waals surface area contributed by atoms with E-state index >= 15 is 0 Å². The number of nitrogens with one attached hydrogen (secondary N) is 1. The number of fused-ring (bicyclic) bond motifs is 5. The maximum absolute atomic E-state index is 13.3. The smallest absolute Gasteiger partial charge is 0.263 e. The molecule has 172 valence electrons. The van der Waals surface area contributed by atoms with Gasteiger partial charge in [-0.05, 0) is 35.9 Å². The first-order chi connectivity index (χ1) is 17.1. The SMILES string of the molecule is O=C(COc1ccc2c(c1)c1ccnc3c4ccccc4c(=O)n2c13)NC[C@@H](O)c1ccccc1. The lowest BCUT2D eigenvalue weighted by atomic mass is 10.1. The number of hydrogen-bond donors (Lipinski definition) is 2. The Kier molecular flexibility index (Phi) is 5.04. The van der Waals surface area contributed by atoms with Crippen LogP contribution in [0.2, 0.25) is 0 Å². The van der Waals surface area contributed by atoms with E-state index in [0.29, 0.717) is 11.1 Å². The van der Waals surface area contributed by atoms with Crippen LogP contribution in [0.4, 0.5) is 0 Å². The van der Waals surface area contributed by atoms with E-state index in [1.54, 1.807) is 28.8 Å². The predicted molar refractivity (Wildman–Crippen MR) is 135 cm³/mol. The van der Waals surface area contributed by atoms with Gasteiger partial charge in [-0.2, -0.15) is 0 Å². The van der Waals surface area contributed by atoms with E-state index in [0.717, 1.165) is 38.3 Å². The highest BCUT2D eigenvalue weighted by Gasteiger charge is 2.18. The lowest BCUT2D eigenvalue weighted by Gasteiger charge is -2.12. The Labute approximate surface area is 199 Å². The van der Waals surface area contributed by atoms with Crippen LogP contribution in [0, 0.1) is 0 Å². The number of benzene rings is 3. The number of aromatic nitrogens is 2. The van der Waals surface area contributed by atoms with Crippen molar-refractivity contribution >= 4 is 44.0 Å². The van der Waals surface area contributed by atoms with Gasteiger partial charge in [0.2, 0.25) is 0 Å². The molecule has 0 aliphatic rings. The molecule has 6 aromatic rings. The zero-order chi connectivity index (χ0) is 23.9. The topological polar surface area (TPSA) is 92.9 Å². The number of nitrogens with zero attached hydrogens (tertiary/aromatic N) is 2. The number of aliphatic hydroxyl groups excluding tert-OH is 1. The summed E-state index contributed by atoms with van der Waals surface area (Å²) < 4.78 is 7.44. The zero-order valence-electron chi connectivity index (χ0n) is 18.6. The third-order valence-electron chi connectivity index (χ3n) is 6.31. The third-order valence-corrected chi connectivity index (χ3v) is 6.31. The van der Waals surface area contributed by atoms with Crippen molar-refractivity contribution in [3.63, 3.8) is 0 Å². The van der Waals surface area contributed by atoms with Crippen molar-refractivity contribution in [2.24, 2.45) is 0 Å². The third kappa shape index (κ3) is 3.53. The first kappa shape index (κ1) is 21.1. The van der Waals surface area contributed by atoms with Crippen LogP contribution in [0.15, 0.2) is 89.9 Å². The fraction of sp³-hybridized carbons (Fsp3) is 0.107. The first-order valence-electron chi connectivity index (χ1n) is 11.3. The van der Waals surface area contributed by atoms with Crippen molar-refractivity contribution < 1.29 is 14.6 Å². The van der Waals surface area contributed by atoms with Crippen molar-refractivity contribution in [2.45, 2.75) is 6.10 Å². The van der Waals surface area contributed by atoms with Crippen LogP contribution in [0.5, 0.6) is 5.75 Å². The number of hydrogen-bond acceptors (Lipinski definition) is 5. The summed E-state index contributed by atoms with van der Waals surface area (Å²) in [6.45, 7) is -0.0972. The molecule has 35 heavy (non-hydrogen) atoms.